The molecule has 1 aromatic carbocycles. The van der Waals surface area contributed by atoms with Crippen LogP contribution in [0, 0.1) is 24.7 Å². The molecule has 0 aliphatic carbocycles. The Balaban J connectivity index is 2.52. The summed E-state index contributed by atoms with van der Waals surface area (Å²) in [5, 5.41) is 22.8. The maximum atomic E-state index is 11.9. The Bertz CT molecular complexity index is 683. The summed E-state index contributed by atoms with van der Waals surface area (Å²) in [6.07, 6.45) is -0.0495. The largest absolute Gasteiger partial charge is 0.480 e. The smallest absolute Gasteiger partial charge is 0.326 e. The molecule has 0 unspecified atom stereocenters. The number of hydrogen-bond acceptors (Lipinski definition) is 5. The van der Waals surface area contributed by atoms with Crippen molar-refractivity contribution < 1.29 is 54.1 Å². The molecule has 148 valence electrons. The van der Waals surface area contributed by atoms with Crippen LogP contribution in [0.2, 0.25) is 0 Å². The third kappa shape index (κ3) is 9.72. The van der Waals surface area contributed by atoms with Gasteiger partial charge in [-0.2, -0.15) is 0 Å². The van der Waals surface area contributed by atoms with E-state index in [1.54, 1.807) is 24.7 Å². The van der Waals surface area contributed by atoms with E-state index < -0.39 is 30.1 Å². The molecular weight excluding hydrogens is 571 g/mol. The van der Waals surface area contributed by atoms with Crippen LogP contribution in [0.5, 0.6) is 0 Å². The zero-order valence-corrected chi connectivity index (χ0v) is 18.4. The van der Waals surface area contributed by atoms with Crippen LogP contribution in [0.15, 0.2) is 24.3 Å². The Morgan fingerprint density at radius 1 is 1.04 bits per heavy atom. The van der Waals surface area contributed by atoms with E-state index in [0.29, 0.717) is 5.75 Å². The fourth-order valence-electron chi connectivity index (χ4n) is 2.01. The van der Waals surface area contributed by atoms with Gasteiger partial charge in [0.25, 0.3) is 0 Å². The van der Waals surface area contributed by atoms with Crippen LogP contribution in [-0.2, 0) is 20.1 Å². The average molecular weight is 592 g/mol. The van der Waals surface area contributed by atoms with Crippen LogP contribution >= 0.6 is 11.8 Å². The van der Waals surface area contributed by atoms with E-state index in [1.807, 2.05) is 24.3 Å². The first-order valence-corrected chi connectivity index (χ1v) is 10.7. The number of ketones is 1. The molecule has 8 nitrogen and oxygen atoms in total. The number of carboxylic acids is 2. The van der Waals surface area contributed by atoms with E-state index in [0.717, 1.165) is 5.56 Å². The van der Waals surface area contributed by atoms with Gasteiger partial charge in [-0.05, 0) is 13.3 Å². The minimum absolute atomic E-state index is 0.00695. The third-order valence-corrected chi connectivity index (χ3v) is 5.54. The first-order valence-electron chi connectivity index (χ1n) is 8.03. The van der Waals surface area contributed by atoms with Gasteiger partial charge in [-0.1, -0.05) is 0 Å². The van der Waals surface area contributed by atoms with Crippen LogP contribution in [0.25, 0.3) is 0 Å². The van der Waals surface area contributed by atoms with Crippen molar-refractivity contribution in [2.24, 2.45) is 0 Å². The standard InChI is InChI=1S/C17H21AtN2O6S/c1-10(21)2-7-13(15(22)23)19-17(26)20-14(16(24)25)9-27-8-11-3-5-12(18)6-4-11/h3-6,13-14H,2,7-9H2,1H3,(H,22,23)(H,24,25)(H2,19,20,26)/t13-,14-/m0/s1/i18+1. The van der Waals surface area contributed by atoms with Gasteiger partial charge in [0, 0.05) is 6.42 Å². The SMILES string of the molecule is CC(=O)CC[C@H](NC(=O)N[C@@H](CSCc1ccc([211At])cc1)C(=O)O)C(=O)O. The molecule has 0 fully saturated rings. The predicted molar refractivity (Wildman–Crippen MR) is 96.7 cm³/mol. The second-order valence-corrected chi connectivity index (χ2v) is 8.51. The monoisotopic (exact) mass is 592 g/mol. The first kappa shape index (κ1) is 23.4. The van der Waals surface area contributed by atoms with Gasteiger partial charge < -0.3 is 9.90 Å². The van der Waals surface area contributed by atoms with Gasteiger partial charge in [-0.15, -0.1) is 0 Å². The Morgan fingerprint density at radius 3 is 2.11 bits per heavy atom. The van der Waals surface area contributed by atoms with Crippen molar-refractivity contribution in [1.82, 2.24) is 10.6 Å². The fourth-order valence-corrected chi connectivity index (χ4v) is 3.51. The fraction of sp³-hybridized carbons (Fsp3) is 0.412. The Morgan fingerprint density at radius 2 is 1.59 bits per heavy atom. The number of carbonyl (C=O) groups excluding carboxylic acids is 2. The minimum atomic E-state index is -1.28. The van der Waals surface area contributed by atoms with Gasteiger partial charge in [0.2, 0.25) is 0 Å². The number of carbonyl (C=O) groups is 4. The molecule has 10 heteroatoms. The number of carboxylic acid groups (broad SMARTS) is 2. The summed E-state index contributed by atoms with van der Waals surface area (Å²) >= 11 is 2.92. The number of amides is 2. The summed E-state index contributed by atoms with van der Waals surface area (Å²) in [5.41, 5.74) is 1.05. The summed E-state index contributed by atoms with van der Waals surface area (Å²) in [7, 11) is 0. The van der Waals surface area contributed by atoms with Crippen LogP contribution < -0.4 is 13.9 Å². The molecule has 0 aliphatic rings. The molecule has 0 saturated carbocycles. The number of rotatable bonds is 11. The van der Waals surface area contributed by atoms with Gasteiger partial charge in [-0.3, -0.25) is 0 Å². The number of urea groups is 1. The molecule has 1 rings (SSSR count). The molecule has 1 aromatic rings. The molecule has 2 atom stereocenters. The van der Waals surface area contributed by atoms with E-state index in [2.05, 4.69) is 10.6 Å². The van der Waals surface area contributed by atoms with Crippen molar-refractivity contribution in [2.45, 2.75) is 37.6 Å². The molecule has 0 spiro atoms. The Labute approximate surface area is 176 Å². The molecule has 0 aliphatic heterocycles. The molecule has 0 radical (unpaired) electrons. The predicted octanol–water partition coefficient (Wildman–Crippen LogP) is 0.669. The molecule has 0 heterocycles. The third-order valence-electron chi connectivity index (χ3n) is 3.46. The van der Waals surface area contributed by atoms with E-state index in [1.165, 1.54) is 22.0 Å². The van der Waals surface area contributed by atoms with Gasteiger partial charge in [0.15, 0.2) is 0 Å². The molecule has 4 N–H and O–H groups in total. The molecule has 2 amide bonds. The Hall–Kier alpha value is -1.67. The van der Waals surface area contributed by atoms with Gasteiger partial charge in [0.05, 0.1) is 0 Å². The van der Waals surface area contributed by atoms with Crippen LogP contribution in [0.1, 0.15) is 25.3 Å². The number of nitrogens with one attached hydrogen (secondary N) is 2. The first-order chi connectivity index (χ1) is 12.7. The van der Waals surface area contributed by atoms with E-state index in [-0.39, 0.29) is 24.4 Å². The van der Waals surface area contributed by atoms with Crippen molar-refractivity contribution in [3.8, 4) is 0 Å². The number of Topliss-reactive ketones (excluding diaryl/α,β-unsaturated/α-hetero) is 1. The summed E-state index contributed by atoms with van der Waals surface area (Å²) < 4.78 is 1.18. The number of aliphatic carboxylic acids is 2. The second-order valence-electron chi connectivity index (χ2n) is 5.78. The summed E-state index contributed by atoms with van der Waals surface area (Å²) in [6, 6.07) is 4.59. The molecule has 0 aromatic heterocycles. The van der Waals surface area contributed by atoms with Crippen LogP contribution in [-0.4, -0.2) is 51.8 Å². The van der Waals surface area contributed by atoms with Gasteiger partial charge in [-0.25, -0.2) is 4.79 Å². The van der Waals surface area contributed by atoms with Crippen molar-refractivity contribution in [3.05, 3.63) is 29.8 Å². The van der Waals surface area contributed by atoms with Crippen LogP contribution in [0.4, 0.5) is 4.79 Å². The molecular formula is C17H21AtN2O6S. The van der Waals surface area contributed by atoms with E-state index in [9.17, 15) is 24.3 Å². The zero-order chi connectivity index (χ0) is 20.4. The zero-order valence-electron chi connectivity index (χ0n) is 14.6. The normalized spacial score (nSPS) is 12.7. The maximum Gasteiger partial charge on any atom is 0.326 e. The topological polar surface area (TPSA) is 133 Å². The summed E-state index contributed by atoms with van der Waals surface area (Å²) in [4.78, 5) is 45.4. The molecule has 0 saturated heterocycles. The quantitative estimate of drug-likeness (QED) is 0.297. The van der Waals surface area contributed by atoms with Crippen molar-refractivity contribution >= 4 is 38.8 Å². The van der Waals surface area contributed by atoms with Crippen molar-refractivity contribution in [2.75, 3.05) is 5.75 Å². The van der Waals surface area contributed by atoms with Crippen LogP contribution in [0.3, 0.4) is 0 Å². The molecule has 27 heavy (non-hydrogen) atoms. The van der Waals surface area contributed by atoms with Gasteiger partial charge >= 0.3 is 136 Å². The average Bonchev–Trinajstić information content (AvgIpc) is 2.58. The number of thioether (sulfide) groups is 1. The maximum absolute atomic E-state index is 11.9. The van der Waals surface area contributed by atoms with E-state index >= 15 is 0 Å². The minimum Gasteiger partial charge on any atom is -0.480 e. The Kier molecular flexibility index (Phi) is 10.3. The number of hydrogen-bond donors (Lipinski definition) is 4. The van der Waals surface area contributed by atoms with E-state index in [4.69, 9.17) is 5.11 Å². The summed E-state index contributed by atoms with van der Waals surface area (Å²) in [5.74, 6) is -1.96. The van der Waals surface area contributed by atoms with Gasteiger partial charge in [0.1, 0.15) is 5.78 Å². The van der Waals surface area contributed by atoms with Crippen molar-refractivity contribution in [3.63, 3.8) is 0 Å². The molecule has 0 bridgehead atoms. The summed E-state index contributed by atoms with van der Waals surface area (Å²) in [6.45, 7) is 1.32. The second kappa shape index (κ2) is 11.9. The number of benzene rings is 1. The van der Waals surface area contributed by atoms with Crippen molar-refractivity contribution in [1.29, 1.82) is 0 Å².